The zero-order chi connectivity index (χ0) is 16.2. The molecule has 0 spiro atoms. The highest BCUT2D eigenvalue weighted by Gasteiger charge is 2.18. The van der Waals surface area contributed by atoms with E-state index in [0.29, 0.717) is 12.3 Å². The lowest BCUT2D eigenvalue weighted by molar-refractivity contribution is 0.0519. The molecule has 0 amide bonds. The molecule has 0 unspecified atom stereocenters. The van der Waals surface area contributed by atoms with Crippen molar-refractivity contribution in [2.45, 2.75) is 13.8 Å². The van der Waals surface area contributed by atoms with Crippen LogP contribution in [0.2, 0.25) is 0 Å². The molecule has 3 aromatic rings. The lowest BCUT2D eigenvalue weighted by Crippen LogP contribution is -2.07. The van der Waals surface area contributed by atoms with Gasteiger partial charge in [0.2, 0.25) is 0 Å². The molecular formula is C17H16N4O2. The van der Waals surface area contributed by atoms with Gasteiger partial charge in [-0.25, -0.2) is 9.48 Å². The molecule has 0 bridgehead atoms. The Kier molecular flexibility index (Phi) is 4.14. The summed E-state index contributed by atoms with van der Waals surface area (Å²) in [5.74, 6) is -0.455. The van der Waals surface area contributed by atoms with E-state index in [1.54, 1.807) is 36.3 Å². The fraction of sp³-hybridized carbons (Fsp3) is 0.176. The predicted octanol–water partition coefficient (Wildman–Crippen LogP) is 2.81. The van der Waals surface area contributed by atoms with Gasteiger partial charge < -0.3 is 4.74 Å². The second-order valence-corrected chi connectivity index (χ2v) is 4.98. The average Bonchev–Trinajstić information content (AvgIpc) is 3.02. The Bertz CT molecular complexity index is 810. The average molecular weight is 308 g/mol. The minimum absolute atomic E-state index is 0.244. The van der Waals surface area contributed by atoms with Gasteiger partial charge in [0.05, 0.1) is 29.9 Å². The fourth-order valence-corrected chi connectivity index (χ4v) is 2.16. The van der Waals surface area contributed by atoms with E-state index >= 15 is 0 Å². The van der Waals surface area contributed by atoms with Gasteiger partial charge in [0.25, 0.3) is 0 Å². The van der Waals surface area contributed by atoms with Crippen LogP contribution in [0.25, 0.3) is 17.1 Å². The maximum absolute atomic E-state index is 12.0. The van der Waals surface area contributed by atoms with Crippen molar-refractivity contribution in [3.8, 4) is 17.1 Å². The van der Waals surface area contributed by atoms with E-state index < -0.39 is 5.97 Å². The molecule has 0 N–H and O–H groups in total. The van der Waals surface area contributed by atoms with Gasteiger partial charge in [-0.2, -0.15) is 5.10 Å². The van der Waals surface area contributed by atoms with Crippen molar-refractivity contribution >= 4 is 5.97 Å². The minimum atomic E-state index is -0.455. The number of aryl methyl sites for hydroxylation is 1. The molecule has 3 aromatic heterocycles. The Morgan fingerprint density at radius 1 is 1.26 bits per heavy atom. The summed E-state index contributed by atoms with van der Waals surface area (Å²) in [5, 5.41) is 4.36. The van der Waals surface area contributed by atoms with Gasteiger partial charge in [-0.1, -0.05) is 6.07 Å². The maximum atomic E-state index is 12.0. The normalized spacial score (nSPS) is 10.5. The van der Waals surface area contributed by atoms with E-state index in [4.69, 9.17) is 4.74 Å². The molecule has 0 aliphatic rings. The van der Waals surface area contributed by atoms with Gasteiger partial charge in [-0.15, -0.1) is 0 Å². The number of nitrogens with zero attached hydrogens (tertiary/aromatic N) is 4. The monoisotopic (exact) mass is 308 g/mol. The van der Waals surface area contributed by atoms with Crippen LogP contribution in [0, 0.1) is 6.92 Å². The Hall–Kier alpha value is -3.02. The molecule has 0 aliphatic heterocycles. The molecule has 3 heterocycles. The fourth-order valence-electron chi connectivity index (χ4n) is 2.16. The summed E-state index contributed by atoms with van der Waals surface area (Å²) in [6.07, 6.45) is 5.14. The topological polar surface area (TPSA) is 69.9 Å². The van der Waals surface area contributed by atoms with E-state index in [2.05, 4.69) is 15.1 Å². The summed E-state index contributed by atoms with van der Waals surface area (Å²) in [4.78, 5) is 20.5. The summed E-state index contributed by atoms with van der Waals surface area (Å²) >= 11 is 0. The first-order valence-electron chi connectivity index (χ1n) is 7.29. The molecule has 23 heavy (non-hydrogen) atoms. The van der Waals surface area contributed by atoms with E-state index in [1.807, 2.05) is 31.2 Å². The van der Waals surface area contributed by atoms with Gasteiger partial charge in [-0.3, -0.25) is 9.97 Å². The molecule has 6 nitrogen and oxygen atoms in total. The van der Waals surface area contributed by atoms with Crippen LogP contribution in [0.15, 0.2) is 48.9 Å². The number of esters is 1. The van der Waals surface area contributed by atoms with Crippen LogP contribution in [-0.4, -0.2) is 32.3 Å². The third-order valence-corrected chi connectivity index (χ3v) is 3.26. The van der Waals surface area contributed by atoms with Gasteiger partial charge in [0, 0.05) is 18.5 Å². The van der Waals surface area contributed by atoms with Gasteiger partial charge >= 0.3 is 5.97 Å². The molecule has 0 aromatic carbocycles. The van der Waals surface area contributed by atoms with Crippen molar-refractivity contribution in [1.29, 1.82) is 0 Å². The standard InChI is InChI=1S/C17H16N4O2/c1-3-23-17(22)15-9-16(14-7-6-12(2)10-19-14)21(20-15)13-5-4-8-18-11-13/h4-11H,3H2,1-2H3. The first-order chi connectivity index (χ1) is 11.2. The predicted molar refractivity (Wildman–Crippen MR) is 85.3 cm³/mol. The van der Waals surface area contributed by atoms with Crippen molar-refractivity contribution < 1.29 is 9.53 Å². The van der Waals surface area contributed by atoms with E-state index in [-0.39, 0.29) is 5.69 Å². The molecule has 6 heteroatoms. The molecule has 0 atom stereocenters. The van der Waals surface area contributed by atoms with Gasteiger partial charge in [0.15, 0.2) is 5.69 Å². The maximum Gasteiger partial charge on any atom is 0.358 e. The smallest absolute Gasteiger partial charge is 0.358 e. The molecule has 0 aliphatic carbocycles. The largest absolute Gasteiger partial charge is 0.461 e. The molecule has 0 saturated carbocycles. The van der Waals surface area contributed by atoms with Crippen molar-refractivity contribution in [1.82, 2.24) is 19.7 Å². The van der Waals surface area contributed by atoms with Crippen LogP contribution in [0.1, 0.15) is 23.0 Å². The Labute approximate surface area is 133 Å². The molecule has 116 valence electrons. The van der Waals surface area contributed by atoms with E-state index in [1.165, 1.54) is 0 Å². The highest BCUT2D eigenvalue weighted by atomic mass is 16.5. The molecule has 0 fully saturated rings. The van der Waals surface area contributed by atoms with Crippen molar-refractivity contribution in [3.05, 3.63) is 60.2 Å². The van der Waals surface area contributed by atoms with Crippen LogP contribution in [0.4, 0.5) is 0 Å². The number of carbonyl (C=O) groups excluding carboxylic acids is 1. The number of aromatic nitrogens is 4. The summed E-state index contributed by atoms with van der Waals surface area (Å²) in [6.45, 7) is 4.04. The van der Waals surface area contributed by atoms with E-state index in [0.717, 1.165) is 16.9 Å². The molecule has 3 rings (SSSR count). The van der Waals surface area contributed by atoms with Crippen molar-refractivity contribution in [2.24, 2.45) is 0 Å². The summed E-state index contributed by atoms with van der Waals surface area (Å²) < 4.78 is 6.69. The lowest BCUT2D eigenvalue weighted by Gasteiger charge is -2.06. The number of carbonyl (C=O) groups is 1. The van der Waals surface area contributed by atoms with Crippen LogP contribution < -0.4 is 0 Å². The van der Waals surface area contributed by atoms with E-state index in [9.17, 15) is 4.79 Å². The molecule has 0 saturated heterocycles. The van der Waals surface area contributed by atoms with Crippen LogP contribution in [-0.2, 0) is 4.74 Å². The first kappa shape index (κ1) is 14.9. The van der Waals surface area contributed by atoms with Crippen molar-refractivity contribution in [3.63, 3.8) is 0 Å². The number of hydrogen-bond acceptors (Lipinski definition) is 5. The summed E-state index contributed by atoms with van der Waals surface area (Å²) in [6, 6.07) is 9.23. The third-order valence-electron chi connectivity index (χ3n) is 3.26. The second-order valence-electron chi connectivity index (χ2n) is 4.98. The number of rotatable bonds is 4. The van der Waals surface area contributed by atoms with Gasteiger partial charge in [-0.05, 0) is 37.6 Å². The summed E-state index contributed by atoms with van der Waals surface area (Å²) in [7, 11) is 0. The third kappa shape index (κ3) is 3.11. The highest BCUT2D eigenvalue weighted by molar-refractivity contribution is 5.88. The summed E-state index contributed by atoms with van der Waals surface area (Å²) in [5.41, 5.74) is 3.49. The lowest BCUT2D eigenvalue weighted by atomic mass is 10.2. The van der Waals surface area contributed by atoms with Crippen molar-refractivity contribution in [2.75, 3.05) is 6.61 Å². The van der Waals surface area contributed by atoms with Gasteiger partial charge in [0.1, 0.15) is 0 Å². The Balaban J connectivity index is 2.12. The first-order valence-corrected chi connectivity index (χ1v) is 7.29. The number of hydrogen-bond donors (Lipinski definition) is 0. The highest BCUT2D eigenvalue weighted by Crippen LogP contribution is 2.22. The number of ether oxygens (including phenoxy) is 1. The zero-order valence-electron chi connectivity index (χ0n) is 12.9. The zero-order valence-corrected chi connectivity index (χ0v) is 12.9. The Morgan fingerprint density at radius 3 is 2.78 bits per heavy atom. The Morgan fingerprint density at radius 2 is 2.13 bits per heavy atom. The SMILES string of the molecule is CCOC(=O)c1cc(-c2ccc(C)cn2)n(-c2cccnc2)n1. The number of pyridine rings is 2. The molecular weight excluding hydrogens is 292 g/mol. The minimum Gasteiger partial charge on any atom is -0.461 e. The van der Waals surface area contributed by atoms with Crippen LogP contribution in [0.3, 0.4) is 0 Å². The quantitative estimate of drug-likeness (QED) is 0.693. The van der Waals surface area contributed by atoms with Crippen LogP contribution >= 0.6 is 0 Å². The molecule has 0 radical (unpaired) electrons. The second kappa shape index (κ2) is 6.39. The van der Waals surface area contributed by atoms with Crippen LogP contribution in [0.5, 0.6) is 0 Å².